The van der Waals surface area contributed by atoms with Gasteiger partial charge in [-0.1, -0.05) is 48.5 Å². The number of carbonyl (C=O) groups is 1. The molecule has 0 radical (unpaired) electrons. The predicted octanol–water partition coefficient (Wildman–Crippen LogP) is 4.79. The van der Waals surface area contributed by atoms with Crippen LogP contribution in [0.4, 0.5) is 0 Å². The topological polar surface area (TPSA) is 36.4 Å². The lowest BCUT2D eigenvalue weighted by molar-refractivity contribution is -0.132. The molecule has 5 rings (SSSR count). The van der Waals surface area contributed by atoms with Gasteiger partial charge >= 0.3 is 0 Å². The van der Waals surface area contributed by atoms with Crippen LogP contribution in [-0.4, -0.2) is 53.4 Å². The summed E-state index contributed by atoms with van der Waals surface area (Å²) in [4.78, 5) is 22.0. The van der Waals surface area contributed by atoms with Crippen LogP contribution in [-0.2, 0) is 4.79 Å². The molecule has 5 heteroatoms. The molecule has 0 unspecified atom stereocenters. The predicted molar refractivity (Wildman–Crippen MR) is 124 cm³/mol. The Kier molecular flexibility index (Phi) is 5.65. The van der Waals surface area contributed by atoms with E-state index in [2.05, 4.69) is 59.5 Å². The number of likely N-dealkylation sites (tertiary alicyclic amines) is 1. The zero-order valence-corrected chi connectivity index (χ0v) is 18.0. The van der Waals surface area contributed by atoms with Gasteiger partial charge in [-0.3, -0.25) is 9.69 Å². The number of hydrogen-bond donors (Lipinski definition) is 0. The van der Waals surface area contributed by atoms with Crippen molar-refractivity contribution in [2.75, 3.05) is 32.7 Å². The number of fused-ring (bicyclic) bond motifs is 1. The van der Waals surface area contributed by atoms with Crippen LogP contribution in [0.15, 0.2) is 60.7 Å². The Labute approximate surface area is 181 Å². The van der Waals surface area contributed by atoms with Crippen molar-refractivity contribution in [1.29, 1.82) is 0 Å². The molecule has 30 heavy (non-hydrogen) atoms. The van der Waals surface area contributed by atoms with Gasteiger partial charge in [-0.2, -0.15) is 0 Å². The highest BCUT2D eigenvalue weighted by molar-refractivity contribution is 7.18. The second-order valence-corrected chi connectivity index (χ2v) is 9.32. The van der Waals surface area contributed by atoms with Crippen LogP contribution in [0.3, 0.4) is 0 Å². The van der Waals surface area contributed by atoms with Crippen molar-refractivity contribution in [2.45, 2.75) is 25.2 Å². The van der Waals surface area contributed by atoms with Gasteiger partial charge < -0.3 is 4.90 Å². The fraction of sp³-hybridized carbons (Fsp3) is 0.360. The van der Waals surface area contributed by atoms with E-state index in [4.69, 9.17) is 4.98 Å². The lowest BCUT2D eigenvalue weighted by Gasteiger charge is -2.33. The van der Waals surface area contributed by atoms with Gasteiger partial charge in [0, 0.05) is 19.0 Å². The van der Waals surface area contributed by atoms with Crippen molar-refractivity contribution < 1.29 is 4.79 Å². The summed E-state index contributed by atoms with van der Waals surface area (Å²) in [5, 5.41) is 1.26. The summed E-state index contributed by atoms with van der Waals surface area (Å²) >= 11 is 1.83. The fourth-order valence-corrected chi connectivity index (χ4v) is 5.64. The second kappa shape index (κ2) is 8.70. The largest absolute Gasteiger partial charge is 0.338 e. The van der Waals surface area contributed by atoms with Crippen LogP contribution in [0, 0.1) is 0 Å². The van der Waals surface area contributed by atoms with Gasteiger partial charge in [-0.15, -0.1) is 11.3 Å². The summed E-state index contributed by atoms with van der Waals surface area (Å²) in [6, 6.07) is 18.9. The molecule has 3 aromatic rings. The van der Waals surface area contributed by atoms with Crippen LogP contribution in [0.1, 0.15) is 35.8 Å². The number of aromatic nitrogens is 1. The third-order valence-corrected chi connectivity index (χ3v) is 7.51. The minimum Gasteiger partial charge on any atom is -0.338 e. The molecule has 1 aromatic heterocycles. The standard InChI is InChI=1S/C25H27N3OS/c29-24(28-16-12-20(13-17-28)19-6-2-1-3-7-19)18-27-14-10-21(11-15-27)25-26-22-8-4-5-9-23(22)30-25/h1-9,12,21H,10-11,13-18H2. The molecule has 1 fully saturated rings. The van der Waals surface area contributed by atoms with E-state index in [0.717, 1.165) is 51.0 Å². The number of thiazole rings is 1. The second-order valence-electron chi connectivity index (χ2n) is 8.26. The van der Waals surface area contributed by atoms with Gasteiger partial charge in [0.05, 0.1) is 21.8 Å². The molecule has 0 spiro atoms. The van der Waals surface area contributed by atoms with Crippen molar-refractivity contribution in [1.82, 2.24) is 14.8 Å². The van der Waals surface area contributed by atoms with Crippen molar-refractivity contribution in [2.24, 2.45) is 0 Å². The maximum absolute atomic E-state index is 12.8. The number of nitrogens with zero attached hydrogens (tertiary/aromatic N) is 3. The molecule has 2 aliphatic heterocycles. The van der Waals surface area contributed by atoms with Crippen molar-refractivity contribution in [3.63, 3.8) is 0 Å². The van der Waals surface area contributed by atoms with Crippen molar-refractivity contribution in [3.8, 4) is 0 Å². The summed E-state index contributed by atoms with van der Waals surface area (Å²) in [7, 11) is 0. The molecular formula is C25H27N3OS. The maximum Gasteiger partial charge on any atom is 0.237 e. The summed E-state index contributed by atoms with van der Waals surface area (Å²) in [6.45, 7) is 4.05. The molecule has 154 valence electrons. The summed E-state index contributed by atoms with van der Waals surface area (Å²) in [6.07, 6.45) is 5.34. The maximum atomic E-state index is 12.8. The van der Waals surface area contributed by atoms with Crippen LogP contribution in [0.25, 0.3) is 15.8 Å². The molecule has 0 N–H and O–H groups in total. The number of rotatable bonds is 4. The molecule has 0 aliphatic carbocycles. The van der Waals surface area contributed by atoms with E-state index in [-0.39, 0.29) is 5.91 Å². The molecule has 1 saturated heterocycles. The molecule has 3 heterocycles. The van der Waals surface area contributed by atoms with Crippen LogP contribution < -0.4 is 0 Å². The minimum absolute atomic E-state index is 0.261. The summed E-state index contributed by atoms with van der Waals surface area (Å²) in [5.41, 5.74) is 3.75. The smallest absolute Gasteiger partial charge is 0.237 e. The van der Waals surface area contributed by atoms with Gasteiger partial charge in [0.15, 0.2) is 0 Å². The summed E-state index contributed by atoms with van der Waals surface area (Å²) in [5.74, 6) is 0.789. The molecular weight excluding hydrogens is 390 g/mol. The average Bonchev–Trinajstić information content (AvgIpc) is 3.25. The molecule has 0 saturated carbocycles. The normalized spacial score (nSPS) is 18.5. The summed E-state index contributed by atoms with van der Waals surface area (Å²) < 4.78 is 1.28. The molecule has 1 amide bonds. The van der Waals surface area contributed by atoms with Crippen LogP contribution >= 0.6 is 11.3 Å². The third kappa shape index (κ3) is 4.18. The number of hydrogen-bond acceptors (Lipinski definition) is 4. The quantitative estimate of drug-likeness (QED) is 0.612. The van der Waals surface area contributed by atoms with E-state index in [1.807, 2.05) is 22.3 Å². The zero-order chi connectivity index (χ0) is 20.3. The zero-order valence-electron chi connectivity index (χ0n) is 17.2. The molecule has 2 aliphatic rings. The number of amides is 1. The van der Waals surface area contributed by atoms with Gasteiger partial charge in [-0.05, 0) is 55.6 Å². The Hall–Kier alpha value is -2.50. The Morgan fingerprint density at radius 1 is 1.00 bits per heavy atom. The first-order chi connectivity index (χ1) is 14.8. The first-order valence-electron chi connectivity index (χ1n) is 10.9. The van der Waals surface area contributed by atoms with Gasteiger partial charge in [-0.25, -0.2) is 4.98 Å². The van der Waals surface area contributed by atoms with Gasteiger partial charge in [0.1, 0.15) is 0 Å². The Morgan fingerprint density at radius 3 is 2.50 bits per heavy atom. The Balaban J connectivity index is 1.13. The SMILES string of the molecule is O=C(CN1CCC(c2nc3ccccc3s2)CC1)N1CC=C(c2ccccc2)CC1. The van der Waals surface area contributed by atoms with E-state index in [1.54, 1.807) is 0 Å². The number of benzene rings is 2. The van der Waals surface area contributed by atoms with Crippen molar-refractivity contribution in [3.05, 3.63) is 71.2 Å². The Morgan fingerprint density at radius 2 is 1.77 bits per heavy atom. The third-order valence-electron chi connectivity index (χ3n) is 6.31. The Bertz CT molecular complexity index is 1020. The van der Waals surface area contributed by atoms with Crippen LogP contribution in [0.2, 0.25) is 0 Å². The van der Waals surface area contributed by atoms with E-state index in [9.17, 15) is 4.79 Å². The lowest BCUT2D eigenvalue weighted by Crippen LogP contribution is -2.44. The van der Waals surface area contributed by atoms with E-state index in [1.165, 1.54) is 20.8 Å². The highest BCUT2D eigenvalue weighted by Crippen LogP contribution is 2.33. The van der Waals surface area contributed by atoms with Gasteiger partial charge in [0.25, 0.3) is 0 Å². The molecule has 0 bridgehead atoms. The highest BCUT2D eigenvalue weighted by Gasteiger charge is 2.26. The molecule has 0 atom stereocenters. The first-order valence-corrected chi connectivity index (χ1v) is 11.7. The van der Waals surface area contributed by atoms with E-state index < -0.39 is 0 Å². The number of piperidine rings is 1. The highest BCUT2D eigenvalue weighted by atomic mass is 32.1. The monoisotopic (exact) mass is 417 g/mol. The fourth-order valence-electron chi connectivity index (χ4n) is 4.50. The minimum atomic E-state index is 0.261. The molecule has 2 aromatic carbocycles. The van der Waals surface area contributed by atoms with Crippen LogP contribution in [0.5, 0.6) is 0 Å². The van der Waals surface area contributed by atoms with Crippen molar-refractivity contribution >= 4 is 33.0 Å². The van der Waals surface area contributed by atoms with E-state index in [0.29, 0.717) is 12.5 Å². The first kappa shape index (κ1) is 19.5. The van der Waals surface area contributed by atoms with Gasteiger partial charge in [0.2, 0.25) is 5.91 Å². The lowest BCUT2D eigenvalue weighted by atomic mass is 9.97. The number of carbonyl (C=O) groups excluding carboxylic acids is 1. The van der Waals surface area contributed by atoms with E-state index >= 15 is 0 Å². The number of para-hydroxylation sites is 1. The molecule has 4 nitrogen and oxygen atoms in total. The average molecular weight is 418 g/mol.